The van der Waals surface area contributed by atoms with Crippen LogP contribution < -0.4 is 0 Å². The van der Waals surface area contributed by atoms with Crippen LogP contribution in [0.5, 0.6) is 5.75 Å². The van der Waals surface area contributed by atoms with E-state index in [9.17, 15) is 22.0 Å². The highest BCUT2D eigenvalue weighted by Gasteiger charge is 2.70. The Bertz CT molecular complexity index is 623. The van der Waals surface area contributed by atoms with Gasteiger partial charge in [0.1, 0.15) is 5.60 Å². The predicted octanol–water partition coefficient (Wildman–Crippen LogP) is 4.49. The topological polar surface area (TPSA) is 29.5 Å². The molecule has 1 aromatic rings. The maximum atomic E-state index is 14.4. The van der Waals surface area contributed by atoms with Crippen LogP contribution in [0.15, 0.2) is 12.1 Å². The second kappa shape index (κ2) is 5.06. The van der Waals surface area contributed by atoms with Crippen molar-refractivity contribution >= 4 is 0 Å². The molecule has 2 nitrogen and oxygen atoms in total. The Morgan fingerprint density at radius 3 is 2.35 bits per heavy atom. The van der Waals surface area contributed by atoms with Crippen molar-refractivity contribution in [3.63, 3.8) is 0 Å². The summed E-state index contributed by atoms with van der Waals surface area (Å²) in [7, 11) is 0. The number of aromatic hydroxyl groups is 1. The minimum atomic E-state index is -3.51. The predicted molar refractivity (Wildman–Crippen MR) is 72.0 cm³/mol. The van der Waals surface area contributed by atoms with Crippen molar-refractivity contribution in [1.82, 2.24) is 0 Å². The van der Waals surface area contributed by atoms with Crippen LogP contribution in [-0.4, -0.2) is 22.8 Å². The third kappa shape index (κ3) is 2.23. The van der Waals surface area contributed by atoms with Gasteiger partial charge >= 0.3 is 0 Å². The smallest absolute Gasteiger partial charge is 0.286 e. The average Bonchev–Trinajstić information content (AvgIpc) is 2.52. The van der Waals surface area contributed by atoms with E-state index in [1.54, 1.807) is 0 Å². The summed E-state index contributed by atoms with van der Waals surface area (Å²) in [4.78, 5) is 0. The molecule has 7 heteroatoms. The lowest BCUT2D eigenvalue weighted by molar-refractivity contribution is -0.298. The molecule has 1 aromatic carbocycles. The number of hydrogen-bond acceptors (Lipinski definition) is 2. The lowest BCUT2D eigenvalue weighted by Crippen LogP contribution is -2.66. The van der Waals surface area contributed by atoms with Crippen LogP contribution in [-0.2, 0) is 11.3 Å². The van der Waals surface area contributed by atoms with E-state index in [0.29, 0.717) is 0 Å². The standard InChI is InChI=1S/C16H17F5O2/c1-14-4-6-15(7-5-14,13(19)16(14,20)21)23-8-9-2-3-10(22)12(18)11(9)17/h2-3,13,22H,4-8H2,1H3. The summed E-state index contributed by atoms with van der Waals surface area (Å²) in [6.45, 7) is 0.841. The Morgan fingerprint density at radius 1 is 1.13 bits per heavy atom. The number of benzene rings is 1. The SMILES string of the molecule is CC12CCC(OCc3ccc(O)c(F)c3F)(CC1)C(F)C2(F)F. The zero-order valence-electron chi connectivity index (χ0n) is 12.5. The number of rotatable bonds is 3. The van der Waals surface area contributed by atoms with Gasteiger partial charge in [0.2, 0.25) is 5.82 Å². The van der Waals surface area contributed by atoms with Gasteiger partial charge in [-0.25, -0.2) is 17.6 Å². The Kier molecular flexibility index (Phi) is 3.63. The van der Waals surface area contributed by atoms with E-state index in [-0.39, 0.29) is 31.2 Å². The van der Waals surface area contributed by atoms with Crippen LogP contribution in [0, 0.1) is 17.0 Å². The van der Waals surface area contributed by atoms with Gasteiger partial charge in [0, 0.05) is 11.0 Å². The van der Waals surface area contributed by atoms with Gasteiger partial charge in [0.25, 0.3) is 5.92 Å². The van der Waals surface area contributed by atoms with Gasteiger partial charge < -0.3 is 9.84 Å². The van der Waals surface area contributed by atoms with E-state index >= 15 is 0 Å². The number of fused-ring (bicyclic) bond motifs is 3. The quantitative estimate of drug-likeness (QED) is 0.824. The summed E-state index contributed by atoms with van der Waals surface area (Å²) in [5.74, 6) is -7.13. The molecule has 3 aliphatic carbocycles. The zero-order valence-corrected chi connectivity index (χ0v) is 12.5. The molecule has 1 atom stereocenters. The molecule has 3 fully saturated rings. The highest BCUT2D eigenvalue weighted by Crippen LogP contribution is 2.62. The molecule has 0 spiro atoms. The summed E-state index contributed by atoms with van der Waals surface area (Å²) in [6, 6.07) is 2.03. The molecule has 23 heavy (non-hydrogen) atoms. The van der Waals surface area contributed by atoms with E-state index in [1.807, 2.05) is 0 Å². The van der Waals surface area contributed by atoms with Crippen molar-refractivity contribution in [3.05, 3.63) is 29.3 Å². The fraction of sp³-hybridized carbons (Fsp3) is 0.625. The second-order valence-corrected chi connectivity index (χ2v) is 6.77. The Labute approximate surface area is 130 Å². The van der Waals surface area contributed by atoms with E-state index in [2.05, 4.69) is 0 Å². The van der Waals surface area contributed by atoms with Gasteiger partial charge in [-0.1, -0.05) is 6.92 Å². The first-order valence-electron chi connectivity index (χ1n) is 7.45. The summed E-state index contributed by atoms with van der Waals surface area (Å²) in [5, 5.41) is 9.07. The number of ether oxygens (including phenoxy) is 1. The van der Waals surface area contributed by atoms with E-state index < -0.39 is 47.1 Å². The molecule has 128 valence electrons. The van der Waals surface area contributed by atoms with Gasteiger partial charge in [-0.15, -0.1) is 0 Å². The van der Waals surface area contributed by atoms with Crippen LogP contribution in [0.4, 0.5) is 22.0 Å². The number of phenolic OH excluding ortho intramolecular Hbond substituents is 1. The summed E-state index contributed by atoms with van der Waals surface area (Å²) < 4.78 is 75.3. The minimum absolute atomic E-state index is 0.114. The van der Waals surface area contributed by atoms with Gasteiger partial charge in [-0.3, -0.25) is 0 Å². The number of hydrogen-bond donors (Lipinski definition) is 1. The zero-order chi connectivity index (χ0) is 17.0. The van der Waals surface area contributed by atoms with Gasteiger partial charge in [0.05, 0.1) is 6.61 Å². The first-order chi connectivity index (χ1) is 10.6. The van der Waals surface area contributed by atoms with Crippen molar-refractivity contribution < 1.29 is 31.8 Å². The molecule has 3 saturated carbocycles. The normalized spacial score (nSPS) is 35.5. The summed E-state index contributed by atoms with van der Waals surface area (Å²) in [5.41, 5.74) is -3.31. The fourth-order valence-electron chi connectivity index (χ4n) is 3.58. The van der Waals surface area contributed by atoms with E-state index in [1.165, 1.54) is 6.92 Å². The maximum Gasteiger partial charge on any atom is 0.286 e. The first-order valence-corrected chi connectivity index (χ1v) is 7.45. The Morgan fingerprint density at radius 2 is 1.74 bits per heavy atom. The summed E-state index contributed by atoms with van der Waals surface area (Å²) >= 11 is 0. The van der Waals surface area contributed by atoms with Gasteiger partial charge in [0.15, 0.2) is 17.7 Å². The second-order valence-electron chi connectivity index (χ2n) is 6.77. The molecule has 0 radical (unpaired) electrons. The maximum absolute atomic E-state index is 14.4. The van der Waals surface area contributed by atoms with Crippen LogP contribution in [0.1, 0.15) is 38.2 Å². The van der Waals surface area contributed by atoms with Crippen molar-refractivity contribution in [2.75, 3.05) is 0 Å². The molecule has 0 saturated heterocycles. The van der Waals surface area contributed by atoms with Crippen molar-refractivity contribution in [1.29, 1.82) is 0 Å². The van der Waals surface area contributed by atoms with Crippen LogP contribution >= 0.6 is 0 Å². The third-order valence-electron chi connectivity index (χ3n) is 5.44. The molecule has 0 amide bonds. The average molecular weight is 336 g/mol. The van der Waals surface area contributed by atoms with Crippen molar-refractivity contribution in [2.24, 2.45) is 5.41 Å². The molecule has 2 bridgehead atoms. The lowest BCUT2D eigenvalue weighted by atomic mass is 9.56. The highest BCUT2D eigenvalue weighted by atomic mass is 19.3. The number of phenols is 1. The largest absolute Gasteiger partial charge is 0.505 e. The van der Waals surface area contributed by atoms with E-state index in [0.717, 1.165) is 12.1 Å². The minimum Gasteiger partial charge on any atom is -0.505 e. The number of halogens is 5. The molecule has 1 N–H and O–H groups in total. The van der Waals surface area contributed by atoms with E-state index in [4.69, 9.17) is 9.84 Å². The van der Waals surface area contributed by atoms with Crippen molar-refractivity contribution in [2.45, 2.75) is 56.9 Å². The molecular formula is C16H17F5O2. The fourth-order valence-corrected chi connectivity index (χ4v) is 3.58. The van der Waals surface area contributed by atoms with Crippen LogP contribution in [0.3, 0.4) is 0 Å². The number of alkyl halides is 3. The Balaban J connectivity index is 1.82. The molecule has 0 aliphatic heterocycles. The summed E-state index contributed by atoms with van der Waals surface area (Å²) in [6.07, 6.45) is -2.02. The third-order valence-corrected chi connectivity index (χ3v) is 5.44. The Hall–Kier alpha value is -1.37. The highest BCUT2D eigenvalue weighted by molar-refractivity contribution is 5.29. The lowest BCUT2D eigenvalue weighted by Gasteiger charge is -2.57. The molecular weight excluding hydrogens is 319 g/mol. The molecule has 0 heterocycles. The van der Waals surface area contributed by atoms with Gasteiger partial charge in [-0.05, 0) is 37.8 Å². The molecule has 4 rings (SSSR count). The van der Waals surface area contributed by atoms with Gasteiger partial charge in [-0.2, -0.15) is 4.39 Å². The first kappa shape index (κ1) is 16.5. The van der Waals surface area contributed by atoms with Crippen LogP contribution in [0.25, 0.3) is 0 Å². The van der Waals surface area contributed by atoms with Crippen molar-refractivity contribution in [3.8, 4) is 5.75 Å². The van der Waals surface area contributed by atoms with Crippen LogP contribution in [0.2, 0.25) is 0 Å². The monoisotopic (exact) mass is 336 g/mol. The molecule has 1 unspecified atom stereocenters. The molecule has 3 aliphatic rings. The molecule has 0 aromatic heterocycles.